The zero-order valence-electron chi connectivity index (χ0n) is 35.7. The van der Waals surface area contributed by atoms with Crippen LogP contribution in [0.25, 0.3) is 0 Å². The molecule has 8 rings (SSSR count). The number of allylic oxidation sites excluding steroid dienone is 1. The maximum atomic E-state index is 14.4. The van der Waals surface area contributed by atoms with E-state index in [-0.39, 0.29) is 29.5 Å². The Hall–Kier alpha value is -7.62. The number of benzene rings is 5. The highest BCUT2D eigenvalue weighted by atomic mass is 32.2. The van der Waals surface area contributed by atoms with E-state index in [9.17, 15) is 24.0 Å². The van der Waals surface area contributed by atoms with Crippen molar-refractivity contribution in [1.82, 2.24) is 15.2 Å². The monoisotopic (exact) mass is 917 g/mol. The summed E-state index contributed by atoms with van der Waals surface area (Å²) in [5, 5.41) is 11.7. The zero-order chi connectivity index (χ0) is 46.0. The van der Waals surface area contributed by atoms with Crippen molar-refractivity contribution < 1.29 is 38.3 Å². The molecular formula is C51H43N5O8S2. The van der Waals surface area contributed by atoms with Gasteiger partial charge in [0.05, 0.1) is 0 Å². The average Bonchev–Trinajstić information content (AvgIpc) is 3.81. The summed E-state index contributed by atoms with van der Waals surface area (Å²) in [7, 11) is 0. The zero-order valence-corrected chi connectivity index (χ0v) is 37.4. The van der Waals surface area contributed by atoms with E-state index >= 15 is 0 Å². The Morgan fingerprint density at radius 3 is 1.83 bits per heavy atom. The first-order chi connectivity index (χ1) is 32.1. The van der Waals surface area contributed by atoms with Crippen LogP contribution in [0.3, 0.4) is 0 Å². The molecule has 0 aliphatic carbocycles. The summed E-state index contributed by atoms with van der Waals surface area (Å²) in [6.45, 7) is 2.39. The first-order valence-corrected chi connectivity index (χ1v) is 22.8. The fourth-order valence-electron chi connectivity index (χ4n) is 7.77. The summed E-state index contributed by atoms with van der Waals surface area (Å²) >= 11 is 2.54. The largest absolute Gasteiger partial charge is 0.462 e. The number of nitrogens with zero attached hydrogens (tertiary/aromatic N) is 3. The van der Waals surface area contributed by atoms with Crippen molar-refractivity contribution in [3.05, 3.63) is 214 Å². The van der Waals surface area contributed by atoms with Crippen molar-refractivity contribution in [2.24, 2.45) is 5.16 Å². The maximum absolute atomic E-state index is 14.4. The van der Waals surface area contributed by atoms with E-state index in [2.05, 4.69) is 15.8 Å². The van der Waals surface area contributed by atoms with E-state index in [1.165, 1.54) is 34.9 Å². The number of aromatic nitrogens is 1. The van der Waals surface area contributed by atoms with Crippen molar-refractivity contribution in [2.75, 3.05) is 17.7 Å². The summed E-state index contributed by atoms with van der Waals surface area (Å²) in [6.07, 6.45) is 2.40. The highest BCUT2D eigenvalue weighted by Crippen LogP contribution is 2.43. The fourth-order valence-corrected chi connectivity index (χ4v) is 9.84. The van der Waals surface area contributed by atoms with Gasteiger partial charge in [0.2, 0.25) is 0 Å². The van der Waals surface area contributed by atoms with Gasteiger partial charge in [-0.1, -0.05) is 163 Å². The Balaban J connectivity index is 1.08. The molecule has 1 fully saturated rings. The van der Waals surface area contributed by atoms with Gasteiger partial charge in [-0.05, 0) is 39.5 Å². The molecule has 1 saturated heterocycles. The average molecular weight is 918 g/mol. The molecule has 0 bridgehead atoms. The number of hydrogen-bond acceptors (Lipinski definition) is 13. The lowest BCUT2D eigenvalue weighted by atomic mass is 9.77. The molecule has 2 N–H and O–H groups in total. The molecule has 2 amide bonds. The minimum atomic E-state index is -1.11. The Kier molecular flexibility index (Phi) is 14.0. The summed E-state index contributed by atoms with van der Waals surface area (Å²) in [4.78, 5) is 77.6. The first-order valence-electron chi connectivity index (χ1n) is 20.9. The van der Waals surface area contributed by atoms with E-state index in [1.54, 1.807) is 17.5 Å². The van der Waals surface area contributed by atoms with Crippen LogP contribution in [0.5, 0.6) is 0 Å². The lowest BCUT2D eigenvalue weighted by Gasteiger charge is -2.49. The smallest absolute Gasteiger partial charge is 0.356 e. The highest BCUT2D eigenvalue weighted by molar-refractivity contribution is 8.00. The van der Waals surface area contributed by atoms with Crippen molar-refractivity contribution in [3.63, 3.8) is 0 Å². The van der Waals surface area contributed by atoms with Gasteiger partial charge in [0.15, 0.2) is 16.9 Å². The maximum Gasteiger partial charge on any atom is 0.356 e. The molecule has 3 heterocycles. The molecule has 1 aromatic heterocycles. The number of carbonyl (C=O) groups is 5. The Labute approximate surface area is 389 Å². The second-order valence-corrected chi connectivity index (χ2v) is 17.0. The number of thiazole rings is 1. The first kappa shape index (κ1) is 45.0. The number of ether oxygens (including phenoxy) is 2. The van der Waals surface area contributed by atoms with Crippen LogP contribution in [-0.4, -0.2) is 69.1 Å². The predicted octanol–water partition coefficient (Wildman–Crippen LogP) is 7.92. The molecule has 13 nitrogen and oxygen atoms in total. The highest BCUT2D eigenvalue weighted by Gasteiger charge is 2.55. The molecular weight excluding hydrogens is 875 g/mol. The number of anilines is 1. The lowest BCUT2D eigenvalue weighted by Crippen LogP contribution is -2.71. The molecule has 0 spiro atoms. The number of thioether (sulfide) groups is 1. The number of fused-ring (bicyclic) bond motifs is 1. The molecule has 2 atom stereocenters. The number of carbonyl (C=O) groups excluding carboxylic acids is 5. The molecule has 0 radical (unpaired) electrons. The van der Waals surface area contributed by atoms with Crippen LogP contribution in [0.2, 0.25) is 0 Å². The van der Waals surface area contributed by atoms with Crippen molar-refractivity contribution in [1.29, 1.82) is 0 Å². The summed E-state index contributed by atoms with van der Waals surface area (Å²) in [6, 6.07) is 47.1. The number of hydrogen-bond donors (Lipinski definition) is 2. The van der Waals surface area contributed by atoms with E-state index in [4.69, 9.17) is 19.3 Å². The van der Waals surface area contributed by atoms with Gasteiger partial charge in [0.25, 0.3) is 11.8 Å². The van der Waals surface area contributed by atoms with E-state index < -0.39 is 52.8 Å². The van der Waals surface area contributed by atoms with Gasteiger partial charge in [0, 0.05) is 25.0 Å². The topological polar surface area (TPSA) is 166 Å². The van der Waals surface area contributed by atoms with Gasteiger partial charge >= 0.3 is 17.9 Å². The van der Waals surface area contributed by atoms with Gasteiger partial charge in [0.1, 0.15) is 35.0 Å². The van der Waals surface area contributed by atoms with Gasteiger partial charge in [-0.25, -0.2) is 14.6 Å². The molecule has 0 saturated carbocycles. The standard InChI is InChI=1S/C51H43N5O8S2/c1-33(57)62-30-18-23-37-31-65-48-43(47(60)56(48)44(37)49(61)63-45(35-19-8-3-9-20-35)36-21-10-4-11-22-36)53-46(59)42(55-64-34(2)58)41-32-66-50(52-41)54-51(38-24-12-5-13-25-38,39-26-14-6-15-27-39)40-28-16-7-17-29-40/h3-29,32,43,45,48H,30-31H2,1-2H3,(H,52,54)(H,53,59)/b23-18-,55-42-/t43?,48-/m0/s1. The van der Waals surface area contributed by atoms with E-state index in [0.29, 0.717) is 10.7 Å². The SMILES string of the molecule is CC(=O)OC/C=C\C1=C(C(=O)OC(c2ccccc2)c2ccccc2)N2C(=O)C(NC(=O)/C(=N\OC(C)=O)c3csc(NC(c4ccccc4)(c4ccccc4)c4ccccc4)n3)[C@@H]2SC1. The molecule has 2 aliphatic heterocycles. The van der Waals surface area contributed by atoms with Crippen molar-refractivity contribution in [3.8, 4) is 0 Å². The molecule has 2 aliphatic rings. The molecule has 332 valence electrons. The Morgan fingerprint density at radius 2 is 1.32 bits per heavy atom. The summed E-state index contributed by atoms with van der Waals surface area (Å²) in [5.74, 6) is -3.19. The minimum Gasteiger partial charge on any atom is -0.462 e. The third-order valence-electron chi connectivity index (χ3n) is 10.8. The van der Waals surface area contributed by atoms with Gasteiger partial charge in [-0.3, -0.25) is 19.3 Å². The molecule has 15 heteroatoms. The van der Waals surface area contributed by atoms with Crippen LogP contribution < -0.4 is 10.6 Å². The number of amides is 2. The van der Waals surface area contributed by atoms with E-state index in [0.717, 1.165) is 34.7 Å². The number of rotatable bonds is 16. The number of oxime groups is 1. The minimum absolute atomic E-state index is 0.00654. The number of esters is 2. The third kappa shape index (κ3) is 9.72. The Bertz CT molecular complexity index is 2670. The fraction of sp³-hybridized carbons (Fsp3) is 0.157. The van der Waals surface area contributed by atoms with Gasteiger partial charge < -0.3 is 24.9 Å². The van der Waals surface area contributed by atoms with Gasteiger partial charge in [-0.2, -0.15) is 0 Å². The Morgan fingerprint density at radius 1 is 0.788 bits per heavy atom. The quantitative estimate of drug-likeness (QED) is 0.0242. The van der Waals surface area contributed by atoms with E-state index in [1.807, 2.05) is 152 Å². The second-order valence-electron chi connectivity index (χ2n) is 15.1. The normalized spacial score (nSPS) is 16.0. The van der Waals surface area contributed by atoms with Crippen molar-refractivity contribution in [2.45, 2.75) is 36.9 Å². The lowest BCUT2D eigenvalue weighted by molar-refractivity contribution is -0.154. The molecule has 6 aromatic rings. The van der Waals surface area contributed by atoms with Crippen molar-refractivity contribution >= 4 is 63.7 Å². The molecule has 66 heavy (non-hydrogen) atoms. The number of β-lactam (4-membered cyclic amide) rings is 1. The second kappa shape index (κ2) is 20.5. The third-order valence-corrected chi connectivity index (χ3v) is 12.8. The van der Waals surface area contributed by atoms with Crippen LogP contribution in [0.4, 0.5) is 5.13 Å². The summed E-state index contributed by atoms with van der Waals surface area (Å²) < 4.78 is 11.3. The predicted molar refractivity (Wildman–Crippen MR) is 252 cm³/mol. The van der Waals surface area contributed by atoms with Crippen LogP contribution >= 0.6 is 23.1 Å². The molecule has 5 aromatic carbocycles. The van der Waals surface area contributed by atoms with Crippen LogP contribution in [0.15, 0.2) is 186 Å². The van der Waals surface area contributed by atoms with Crippen LogP contribution in [0, 0.1) is 0 Å². The summed E-state index contributed by atoms with van der Waals surface area (Å²) in [5.41, 5.74) is 3.49. The van der Waals surface area contributed by atoms with Gasteiger partial charge in [-0.15, -0.1) is 23.1 Å². The van der Waals surface area contributed by atoms with Crippen LogP contribution in [-0.2, 0) is 43.8 Å². The molecule has 1 unspecified atom stereocenters. The van der Waals surface area contributed by atoms with Crippen LogP contribution in [0.1, 0.15) is 53.5 Å². The number of nitrogens with one attached hydrogen (secondary N) is 2.